The van der Waals surface area contributed by atoms with E-state index >= 15 is 0 Å². The summed E-state index contributed by atoms with van der Waals surface area (Å²) in [5.41, 5.74) is 5.23. The smallest absolute Gasteiger partial charge is 0.240 e. The van der Waals surface area contributed by atoms with Gasteiger partial charge in [0.15, 0.2) is 0 Å². The second-order valence-corrected chi connectivity index (χ2v) is 4.17. The summed E-state index contributed by atoms with van der Waals surface area (Å²) in [5.74, 6) is -2.94. The number of hydrogen-bond acceptors (Lipinski definition) is 3. The zero-order valence-electron chi connectivity index (χ0n) is 10.5. The molecule has 0 saturated heterocycles. The first-order valence-corrected chi connectivity index (χ1v) is 5.83. The third kappa shape index (κ3) is 5.02. The Morgan fingerprint density at radius 2 is 1.90 bits per heavy atom. The quantitative estimate of drug-likeness (QED) is 0.806. The number of benzene rings is 1. The number of nitrogens with one attached hydrogen (secondary N) is 1. The van der Waals surface area contributed by atoms with Gasteiger partial charge in [-0.25, -0.2) is 8.78 Å². The van der Waals surface area contributed by atoms with E-state index in [4.69, 9.17) is 11.0 Å². The van der Waals surface area contributed by atoms with Crippen molar-refractivity contribution < 1.29 is 18.4 Å². The van der Waals surface area contributed by atoms with Gasteiger partial charge in [0.2, 0.25) is 11.8 Å². The van der Waals surface area contributed by atoms with Crippen LogP contribution in [-0.2, 0) is 16.0 Å². The Labute approximate surface area is 114 Å². The van der Waals surface area contributed by atoms with Crippen molar-refractivity contribution in [3.8, 4) is 6.07 Å². The molecule has 20 heavy (non-hydrogen) atoms. The van der Waals surface area contributed by atoms with Crippen LogP contribution in [0.1, 0.15) is 18.4 Å². The average molecular weight is 281 g/mol. The lowest BCUT2D eigenvalue weighted by atomic mass is 10.1. The number of rotatable bonds is 6. The van der Waals surface area contributed by atoms with E-state index in [1.807, 2.05) is 6.07 Å². The number of primary amides is 1. The number of nitriles is 1. The minimum absolute atomic E-state index is 0.0580. The molecule has 0 unspecified atom stereocenters. The third-order valence-corrected chi connectivity index (χ3v) is 2.51. The van der Waals surface area contributed by atoms with E-state index in [0.29, 0.717) is 6.07 Å². The van der Waals surface area contributed by atoms with Crippen LogP contribution in [0.5, 0.6) is 0 Å². The minimum Gasteiger partial charge on any atom is -0.368 e. The van der Waals surface area contributed by atoms with Crippen LogP contribution in [0.2, 0.25) is 0 Å². The number of carbonyl (C=O) groups is 2. The van der Waals surface area contributed by atoms with Crippen LogP contribution in [0.3, 0.4) is 0 Å². The fourth-order valence-corrected chi connectivity index (χ4v) is 1.64. The maximum absolute atomic E-state index is 13.0. The lowest BCUT2D eigenvalue weighted by Gasteiger charge is -2.14. The highest BCUT2D eigenvalue weighted by Gasteiger charge is 2.18. The van der Waals surface area contributed by atoms with Gasteiger partial charge in [-0.15, -0.1) is 0 Å². The summed E-state index contributed by atoms with van der Waals surface area (Å²) in [6, 6.07) is 3.61. The second-order valence-electron chi connectivity index (χ2n) is 4.17. The van der Waals surface area contributed by atoms with Crippen LogP contribution in [0, 0.1) is 23.0 Å². The van der Waals surface area contributed by atoms with E-state index in [0.717, 1.165) is 12.1 Å². The first kappa shape index (κ1) is 15.6. The lowest BCUT2D eigenvalue weighted by molar-refractivity contribution is -0.127. The van der Waals surface area contributed by atoms with Gasteiger partial charge in [-0.1, -0.05) is 0 Å². The van der Waals surface area contributed by atoms with Crippen LogP contribution in [0.25, 0.3) is 0 Å². The number of hydrogen-bond donors (Lipinski definition) is 2. The van der Waals surface area contributed by atoms with Crippen molar-refractivity contribution in [1.29, 1.82) is 5.26 Å². The molecule has 0 spiro atoms. The molecule has 0 aliphatic heterocycles. The summed E-state index contributed by atoms with van der Waals surface area (Å²) in [6.07, 6.45) is -0.136. The number of amides is 2. The number of nitrogens with zero attached hydrogens (tertiary/aromatic N) is 1. The lowest BCUT2D eigenvalue weighted by Crippen LogP contribution is -2.44. The van der Waals surface area contributed by atoms with Gasteiger partial charge in [0.1, 0.15) is 17.7 Å². The fourth-order valence-electron chi connectivity index (χ4n) is 1.64. The minimum atomic E-state index is -0.972. The third-order valence-electron chi connectivity index (χ3n) is 2.51. The Morgan fingerprint density at radius 3 is 2.40 bits per heavy atom. The molecule has 3 N–H and O–H groups in total. The Morgan fingerprint density at radius 1 is 1.30 bits per heavy atom. The highest BCUT2D eigenvalue weighted by Crippen LogP contribution is 2.09. The zero-order valence-corrected chi connectivity index (χ0v) is 10.5. The topological polar surface area (TPSA) is 96.0 Å². The van der Waals surface area contributed by atoms with Crippen LogP contribution >= 0.6 is 0 Å². The molecule has 7 heteroatoms. The molecule has 1 atom stereocenters. The number of nitrogens with two attached hydrogens (primary N) is 1. The second kappa shape index (κ2) is 7.19. The fraction of sp³-hybridized carbons (Fsp3) is 0.308. The first-order chi connectivity index (χ1) is 9.42. The van der Waals surface area contributed by atoms with Gasteiger partial charge < -0.3 is 11.1 Å². The summed E-state index contributed by atoms with van der Waals surface area (Å²) in [7, 11) is 0. The van der Waals surface area contributed by atoms with Crippen molar-refractivity contribution in [2.24, 2.45) is 5.73 Å². The number of carbonyl (C=O) groups excluding carboxylic acids is 2. The largest absolute Gasteiger partial charge is 0.368 e. The van der Waals surface area contributed by atoms with Gasteiger partial charge in [0.25, 0.3) is 0 Å². The Kier molecular flexibility index (Phi) is 5.59. The molecule has 2 amide bonds. The Hall–Kier alpha value is -2.49. The molecule has 0 aliphatic rings. The molecule has 1 rings (SSSR count). The van der Waals surface area contributed by atoms with Crippen molar-refractivity contribution >= 4 is 11.8 Å². The van der Waals surface area contributed by atoms with Crippen LogP contribution in [0.15, 0.2) is 18.2 Å². The highest BCUT2D eigenvalue weighted by molar-refractivity contribution is 5.87. The molecule has 1 aromatic rings. The first-order valence-electron chi connectivity index (χ1n) is 5.83. The monoisotopic (exact) mass is 281 g/mol. The van der Waals surface area contributed by atoms with Crippen molar-refractivity contribution in [1.82, 2.24) is 5.32 Å². The molecular weight excluding hydrogens is 268 g/mol. The SMILES string of the molecule is N#CCC[C@@H](NC(=O)Cc1cc(F)cc(F)c1)C(N)=O. The maximum Gasteiger partial charge on any atom is 0.240 e. The van der Waals surface area contributed by atoms with Gasteiger partial charge in [-0.3, -0.25) is 9.59 Å². The molecule has 106 valence electrons. The normalized spacial score (nSPS) is 11.4. The van der Waals surface area contributed by atoms with E-state index in [-0.39, 0.29) is 24.8 Å². The average Bonchev–Trinajstić information content (AvgIpc) is 2.32. The molecule has 5 nitrogen and oxygen atoms in total. The highest BCUT2D eigenvalue weighted by atomic mass is 19.1. The maximum atomic E-state index is 13.0. The van der Waals surface area contributed by atoms with E-state index in [1.165, 1.54) is 0 Å². The van der Waals surface area contributed by atoms with Crippen molar-refractivity contribution in [3.63, 3.8) is 0 Å². The number of halogens is 2. The van der Waals surface area contributed by atoms with E-state index in [2.05, 4.69) is 5.32 Å². The van der Waals surface area contributed by atoms with E-state index in [1.54, 1.807) is 0 Å². The molecule has 0 bridgehead atoms. The van der Waals surface area contributed by atoms with Crippen molar-refractivity contribution in [3.05, 3.63) is 35.4 Å². The van der Waals surface area contributed by atoms with Crippen LogP contribution in [-0.4, -0.2) is 17.9 Å². The van der Waals surface area contributed by atoms with Crippen LogP contribution in [0.4, 0.5) is 8.78 Å². The molecule has 0 aromatic heterocycles. The van der Waals surface area contributed by atoms with Gasteiger partial charge in [0.05, 0.1) is 12.5 Å². The standard InChI is InChI=1S/C13H13F2N3O2/c14-9-4-8(5-10(15)7-9)6-12(19)18-11(13(17)20)2-1-3-16/h4-5,7,11H,1-2,6H2,(H2,17,20)(H,18,19)/t11-/m1/s1. The molecular formula is C13H13F2N3O2. The molecule has 0 radical (unpaired) electrons. The van der Waals surface area contributed by atoms with Crippen molar-refractivity contribution in [2.45, 2.75) is 25.3 Å². The molecule has 1 aromatic carbocycles. The summed E-state index contributed by atoms with van der Waals surface area (Å²) < 4.78 is 25.9. The van der Waals surface area contributed by atoms with Gasteiger partial charge >= 0.3 is 0 Å². The summed E-state index contributed by atoms with van der Waals surface area (Å²) in [6.45, 7) is 0. The van der Waals surface area contributed by atoms with E-state index < -0.39 is 29.5 Å². The van der Waals surface area contributed by atoms with Gasteiger partial charge in [-0.2, -0.15) is 5.26 Å². The molecule has 0 heterocycles. The van der Waals surface area contributed by atoms with Gasteiger partial charge in [0, 0.05) is 12.5 Å². The summed E-state index contributed by atoms with van der Waals surface area (Å²) in [5, 5.41) is 10.8. The van der Waals surface area contributed by atoms with Crippen molar-refractivity contribution in [2.75, 3.05) is 0 Å². The predicted octanol–water partition coefficient (Wildman–Crippen LogP) is 0.781. The Balaban J connectivity index is 2.65. The predicted molar refractivity (Wildman–Crippen MR) is 66.0 cm³/mol. The molecule has 0 aliphatic carbocycles. The zero-order chi connectivity index (χ0) is 15.1. The summed E-state index contributed by atoms with van der Waals surface area (Å²) >= 11 is 0. The molecule has 0 saturated carbocycles. The van der Waals surface area contributed by atoms with Crippen LogP contribution < -0.4 is 11.1 Å². The van der Waals surface area contributed by atoms with E-state index in [9.17, 15) is 18.4 Å². The van der Waals surface area contributed by atoms with Gasteiger partial charge in [-0.05, 0) is 24.1 Å². The Bertz CT molecular complexity index is 535. The summed E-state index contributed by atoms with van der Waals surface area (Å²) in [4.78, 5) is 22.7. The molecule has 0 fully saturated rings.